The van der Waals surface area contributed by atoms with Crippen molar-refractivity contribution in [3.8, 4) is 5.75 Å². The standard InChI is InChI=1S/C12H17N5O/c1-8-4-5-9(6-11(8)18-3)10(13)7-12-14-16-17(2)15-12/h4-6,10H,7,13H2,1-3H3. The number of benzene rings is 1. The predicted octanol–water partition coefficient (Wildman–Crippen LogP) is 0.770. The van der Waals surface area contributed by atoms with Gasteiger partial charge in [-0.1, -0.05) is 12.1 Å². The summed E-state index contributed by atoms with van der Waals surface area (Å²) in [5.41, 5.74) is 8.23. The molecule has 0 aliphatic heterocycles. The number of nitrogens with two attached hydrogens (primary N) is 1. The molecule has 0 bridgehead atoms. The lowest BCUT2D eigenvalue weighted by atomic mass is 10.0. The molecular weight excluding hydrogens is 230 g/mol. The number of rotatable bonds is 4. The van der Waals surface area contributed by atoms with Gasteiger partial charge in [-0.05, 0) is 29.3 Å². The Kier molecular flexibility index (Phi) is 3.57. The molecule has 0 fully saturated rings. The quantitative estimate of drug-likeness (QED) is 0.863. The van der Waals surface area contributed by atoms with Crippen molar-refractivity contribution in [3.63, 3.8) is 0 Å². The molecule has 0 aliphatic rings. The van der Waals surface area contributed by atoms with Crippen LogP contribution in [-0.4, -0.2) is 27.3 Å². The van der Waals surface area contributed by atoms with Gasteiger partial charge >= 0.3 is 0 Å². The summed E-state index contributed by atoms with van der Waals surface area (Å²) >= 11 is 0. The molecule has 0 radical (unpaired) electrons. The van der Waals surface area contributed by atoms with E-state index in [9.17, 15) is 0 Å². The van der Waals surface area contributed by atoms with Gasteiger partial charge in [0.1, 0.15) is 5.75 Å². The maximum absolute atomic E-state index is 6.14. The zero-order chi connectivity index (χ0) is 13.1. The molecule has 0 amide bonds. The smallest absolute Gasteiger partial charge is 0.176 e. The summed E-state index contributed by atoms with van der Waals surface area (Å²) in [7, 11) is 3.39. The summed E-state index contributed by atoms with van der Waals surface area (Å²) in [4.78, 5) is 1.43. The van der Waals surface area contributed by atoms with Gasteiger partial charge < -0.3 is 10.5 Å². The van der Waals surface area contributed by atoms with E-state index in [1.54, 1.807) is 14.2 Å². The fourth-order valence-electron chi connectivity index (χ4n) is 1.79. The summed E-state index contributed by atoms with van der Waals surface area (Å²) in [6.07, 6.45) is 0.556. The number of methoxy groups -OCH3 is 1. The van der Waals surface area contributed by atoms with Crippen molar-refractivity contribution < 1.29 is 4.74 Å². The molecule has 1 heterocycles. The number of nitrogens with zero attached hydrogens (tertiary/aromatic N) is 4. The topological polar surface area (TPSA) is 78.9 Å². The van der Waals surface area contributed by atoms with Gasteiger partial charge in [-0.2, -0.15) is 4.80 Å². The summed E-state index contributed by atoms with van der Waals surface area (Å²) in [6.45, 7) is 2.00. The van der Waals surface area contributed by atoms with Crippen LogP contribution >= 0.6 is 0 Å². The lowest BCUT2D eigenvalue weighted by molar-refractivity contribution is 0.410. The van der Waals surface area contributed by atoms with E-state index in [2.05, 4.69) is 15.4 Å². The molecule has 96 valence electrons. The summed E-state index contributed by atoms with van der Waals surface area (Å²) < 4.78 is 5.29. The van der Waals surface area contributed by atoms with Crippen LogP contribution in [0, 0.1) is 6.92 Å². The van der Waals surface area contributed by atoms with Gasteiger partial charge in [0.2, 0.25) is 0 Å². The van der Waals surface area contributed by atoms with Crippen molar-refractivity contribution in [1.82, 2.24) is 20.2 Å². The van der Waals surface area contributed by atoms with Crippen molar-refractivity contribution in [2.75, 3.05) is 7.11 Å². The third-order valence-electron chi connectivity index (χ3n) is 2.81. The van der Waals surface area contributed by atoms with E-state index in [0.29, 0.717) is 12.2 Å². The molecule has 2 N–H and O–H groups in total. The van der Waals surface area contributed by atoms with E-state index in [4.69, 9.17) is 10.5 Å². The summed E-state index contributed by atoms with van der Waals surface area (Å²) in [6, 6.07) is 5.79. The minimum Gasteiger partial charge on any atom is -0.496 e. The Balaban J connectivity index is 2.15. The molecular formula is C12H17N5O. The Morgan fingerprint density at radius 2 is 2.22 bits per heavy atom. The van der Waals surface area contributed by atoms with Crippen molar-refractivity contribution in [3.05, 3.63) is 35.2 Å². The van der Waals surface area contributed by atoms with Crippen LogP contribution < -0.4 is 10.5 Å². The molecule has 1 aromatic heterocycles. The molecule has 0 saturated heterocycles. The zero-order valence-corrected chi connectivity index (χ0v) is 10.8. The van der Waals surface area contributed by atoms with Gasteiger partial charge in [-0.15, -0.1) is 10.2 Å². The van der Waals surface area contributed by atoms with E-state index >= 15 is 0 Å². The Bertz CT molecular complexity index is 537. The number of tetrazole rings is 1. The van der Waals surface area contributed by atoms with E-state index in [1.165, 1.54) is 4.80 Å². The molecule has 0 aliphatic carbocycles. The fourth-order valence-corrected chi connectivity index (χ4v) is 1.79. The number of aryl methyl sites for hydroxylation is 2. The van der Waals surface area contributed by atoms with Crippen LogP contribution in [0.1, 0.15) is 23.0 Å². The van der Waals surface area contributed by atoms with Crippen molar-refractivity contribution >= 4 is 0 Å². The third-order valence-corrected chi connectivity index (χ3v) is 2.81. The van der Waals surface area contributed by atoms with Crippen LogP contribution in [0.3, 0.4) is 0 Å². The van der Waals surface area contributed by atoms with Crippen LogP contribution in [-0.2, 0) is 13.5 Å². The summed E-state index contributed by atoms with van der Waals surface area (Å²) in [5, 5.41) is 11.8. The summed E-state index contributed by atoms with van der Waals surface area (Å²) in [5.74, 6) is 1.49. The molecule has 2 rings (SSSR count). The fraction of sp³-hybridized carbons (Fsp3) is 0.417. The van der Waals surface area contributed by atoms with Gasteiger partial charge in [0.15, 0.2) is 5.82 Å². The molecule has 18 heavy (non-hydrogen) atoms. The van der Waals surface area contributed by atoms with E-state index in [0.717, 1.165) is 16.9 Å². The maximum atomic E-state index is 6.14. The molecule has 1 atom stereocenters. The minimum absolute atomic E-state index is 0.163. The number of ether oxygens (including phenoxy) is 1. The average molecular weight is 247 g/mol. The number of aromatic nitrogens is 4. The molecule has 0 spiro atoms. The predicted molar refractivity (Wildman–Crippen MR) is 67.2 cm³/mol. The van der Waals surface area contributed by atoms with E-state index < -0.39 is 0 Å². The highest BCUT2D eigenvalue weighted by Crippen LogP contribution is 2.23. The molecule has 6 nitrogen and oxygen atoms in total. The Morgan fingerprint density at radius 3 is 2.83 bits per heavy atom. The molecule has 2 aromatic rings. The maximum Gasteiger partial charge on any atom is 0.176 e. The third kappa shape index (κ3) is 2.65. The Morgan fingerprint density at radius 1 is 1.44 bits per heavy atom. The molecule has 1 unspecified atom stereocenters. The first kappa shape index (κ1) is 12.5. The largest absolute Gasteiger partial charge is 0.496 e. The number of hydrogen-bond acceptors (Lipinski definition) is 5. The van der Waals surface area contributed by atoms with Gasteiger partial charge in [0.05, 0.1) is 14.2 Å². The van der Waals surface area contributed by atoms with Gasteiger partial charge in [-0.25, -0.2) is 0 Å². The van der Waals surface area contributed by atoms with Crippen LogP contribution in [0.4, 0.5) is 0 Å². The zero-order valence-electron chi connectivity index (χ0n) is 10.8. The molecule has 0 saturated carbocycles. The Hall–Kier alpha value is -1.95. The Labute approximate surface area is 106 Å². The minimum atomic E-state index is -0.163. The van der Waals surface area contributed by atoms with Gasteiger partial charge in [0.25, 0.3) is 0 Å². The van der Waals surface area contributed by atoms with Crippen molar-refractivity contribution in [2.45, 2.75) is 19.4 Å². The second kappa shape index (κ2) is 5.14. The van der Waals surface area contributed by atoms with E-state index in [-0.39, 0.29) is 6.04 Å². The first-order valence-electron chi connectivity index (χ1n) is 5.73. The van der Waals surface area contributed by atoms with Crippen LogP contribution in [0.5, 0.6) is 5.75 Å². The highest BCUT2D eigenvalue weighted by Gasteiger charge is 2.12. The highest BCUT2D eigenvalue weighted by atomic mass is 16.5. The van der Waals surface area contributed by atoms with Crippen molar-refractivity contribution in [1.29, 1.82) is 0 Å². The van der Waals surface area contributed by atoms with Crippen LogP contribution in [0.2, 0.25) is 0 Å². The first-order valence-corrected chi connectivity index (χ1v) is 5.73. The highest BCUT2D eigenvalue weighted by molar-refractivity contribution is 5.37. The van der Waals surface area contributed by atoms with Crippen LogP contribution in [0.15, 0.2) is 18.2 Å². The van der Waals surface area contributed by atoms with Crippen LogP contribution in [0.25, 0.3) is 0 Å². The lowest BCUT2D eigenvalue weighted by Crippen LogP contribution is -2.14. The normalized spacial score (nSPS) is 12.4. The van der Waals surface area contributed by atoms with Gasteiger partial charge in [-0.3, -0.25) is 0 Å². The number of hydrogen-bond donors (Lipinski definition) is 1. The van der Waals surface area contributed by atoms with E-state index in [1.807, 2.05) is 25.1 Å². The second-order valence-corrected chi connectivity index (χ2v) is 4.23. The molecule has 6 heteroatoms. The monoisotopic (exact) mass is 247 g/mol. The average Bonchev–Trinajstić information content (AvgIpc) is 2.75. The lowest BCUT2D eigenvalue weighted by Gasteiger charge is -2.12. The first-order chi connectivity index (χ1) is 8.60. The second-order valence-electron chi connectivity index (χ2n) is 4.23. The SMILES string of the molecule is COc1cc(C(N)Cc2nnn(C)n2)ccc1C. The van der Waals surface area contributed by atoms with Crippen molar-refractivity contribution in [2.24, 2.45) is 12.8 Å². The van der Waals surface area contributed by atoms with Gasteiger partial charge in [0, 0.05) is 12.5 Å². The molecule has 1 aromatic carbocycles.